The van der Waals surface area contributed by atoms with Gasteiger partial charge in [0, 0.05) is 44.5 Å². The van der Waals surface area contributed by atoms with Crippen LogP contribution >= 0.6 is 0 Å². The summed E-state index contributed by atoms with van der Waals surface area (Å²) in [5.41, 5.74) is 8.20. The van der Waals surface area contributed by atoms with Crippen LogP contribution in [0.5, 0.6) is 5.75 Å². The van der Waals surface area contributed by atoms with E-state index in [2.05, 4.69) is 48.6 Å². The van der Waals surface area contributed by atoms with Crippen molar-refractivity contribution in [2.75, 3.05) is 0 Å². The molecule has 1 aromatic heterocycles. The molecule has 0 saturated heterocycles. The Labute approximate surface area is 231 Å². The number of furan rings is 1. The fourth-order valence-corrected chi connectivity index (χ4v) is 6.14. The lowest BCUT2D eigenvalue weighted by Gasteiger charge is -2.23. The number of para-hydroxylation sites is 3. The van der Waals surface area contributed by atoms with Gasteiger partial charge in [0.05, 0.1) is 0 Å². The van der Waals surface area contributed by atoms with E-state index in [1.807, 2.05) is 84.9 Å². The third-order valence-corrected chi connectivity index (χ3v) is 8.06. The number of fused-ring (bicyclic) bond motifs is 6. The monoisotopic (exact) mass is 516 g/mol. The van der Waals surface area contributed by atoms with Gasteiger partial charge in [-0.3, -0.25) is 4.79 Å². The van der Waals surface area contributed by atoms with Crippen molar-refractivity contribution < 1.29 is 13.9 Å². The zero-order valence-electron chi connectivity index (χ0n) is 21.6. The Hall–Kier alpha value is -5.15. The highest BCUT2D eigenvalue weighted by Crippen LogP contribution is 2.46. The lowest BCUT2D eigenvalue weighted by Crippen LogP contribution is -2.21. The van der Waals surface area contributed by atoms with Crippen molar-refractivity contribution in [3.63, 3.8) is 0 Å². The summed E-state index contributed by atoms with van der Waals surface area (Å²) in [5, 5.41) is 2.16. The minimum atomic E-state index is -0.0969. The van der Waals surface area contributed by atoms with Crippen molar-refractivity contribution in [2.45, 2.75) is 12.0 Å². The summed E-state index contributed by atoms with van der Waals surface area (Å²) in [7, 11) is 0. The Morgan fingerprint density at radius 3 is 2.30 bits per heavy atom. The normalized spacial score (nSPS) is 17.4. The van der Waals surface area contributed by atoms with Crippen LogP contribution in [0.1, 0.15) is 33.0 Å². The molecule has 3 nitrogen and oxygen atoms in total. The van der Waals surface area contributed by atoms with Crippen LogP contribution in [-0.2, 0) is 0 Å². The van der Waals surface area contributed by atoms with Crippen LogP contribution in [0.15, 0.2) is 138 Å². The minimum Gasteiger partial charge on any atom is -0.484 e. The molecular formula is C37H24O3. The molecule has 0 fully saturated rings. The average Bonchev–Trinajstić information content (AvgIpc) is 3.59. The first-order valence-corrected chi connectivity index (χ1v) is 13.5. The summed E-state index contributed by atoms with van der Waals surface area (Å²) in [4.78, 5) is 13.8. The molecule has 1 aliphatic heterocycles. The zero-order valence-corrected chi connectivity index (χ0v) is 21.6. The maximum absolute atomic E-state index is 13.8. The van der Waals surface area contributed by atoms with Gasteiger partial charge in [0.1, 0.15) is 23.0 Å². The van der Waals surface area contributed by atoms with Crippen LogP contribution in [0.2, 0.25) is 0 Å². The van der Waals surface area contributed by atoms with Gasteiger partial charge in [-0.1, -0.05) is 109 Å². The summed E-state index contributed by atoms with van der Waals surface area (Å²) in [6.45, 7) is 0. The first kappa shape index (κ1) is 22.8. The number of ketones is 1. The molecule has 0 radical (unpaired) electrons. The minimum absolute atomic E-state index is 0.0143. The fourth-order valence-electron chi connectivity index (χ4n) is 6.14. The van der Waals surface area contributed by atoms with Crippen LogP contribution in [-0.4, -0.2) is 11.9 Å². The summed E-state index contributed by atoms with van der Waals surface area (Å²) in [6, 6.07) is 38.2. The molecule has 0 bridgehead atoms. The standard InChI is InChI=1S/C37H24O3/c38-35(25-11-5-9-23(21-25)27-15-7-17-31-29-13-1-3-19-33(29)39-36(27)31)26-12-6-10-24(22-26)28-16-8-18-32-30-14-2-4-20-34(30)40-37(28)32/h1-22,31,36H. The van der Waals surface area contributed by atoms with Gasteiger partial charge in [0.25, 0.3) is 0 Å². The maximum atomic E-state index is 13.8. The fraction of sp³-hybridized carbons (Fsp3) is 0.0541. The van der Waals surface area contributed by atoms with Gasteiger partial charge < -0.3 is 9.15 Å². The van der Waals surface area contributed by atoms with Gasteiger partial charge in [-0.05, 0) is 35.4 Å². The molecule has 0 N–H and O–H groups in total. The van der Waals surface area contributed by atoms with E-state index < -0.39 is 0 Å². The topological polar surface area (TPSA) is 39.4 Å². The molecule has 5 aromatic carbocycles. The van der Waals surface area contributed by atoms with Crippen molar-refractivity contribution in [3.8, 4) is 16.9 Å². The van der Waals surface area contributed by atoms with Crippen molar-refractivity contribution >= 4 is 33.3 Å². The van der Waals surface area contributed by atoms with Crippen molar-refractivity contribution in [1.29, 1.82) is 0 Å². The largest absolute Gasteiger partial charge is 0.484 e. The second kappa shape index (κ2) is 8.96. The smallest absolute Gasteiger partial charge is 0.193 e. The van der Waals surface area contributed by atoms with E-state index in [1.165, 1.54) is 5.56 Å². The number of carbonyl (C=O) groups excluding carboxylic acids is 1. The lowest BCUT2D eigenvalue weighted by atomic mass is 9.84. The molecule has 0 spiro atoms. The summed E-state index contributed by atoms with van der Waals surface area (Å²) in [5.74, 6) is 1.09. The van der Waals surface area contributed by atoms with E-state index in [9.17, 15) is 4.79 Å². The van der Waals surface area contributed by atoms with Gasteiger partial charge in [-0.25, -0.2) is 0 Å². The number of hydrogen-bond acceptors (Lipinski definition) is 3. The average molecular weight is 517 g/mol. The van der Waals surface area contributed by atoms with Gasteiger partial charge >= 0.3 is 0 Å². The number of rotatable bonds is 4. The molecule has 0 amide bonds. The molecule has 3 heteroatoms. The molecule has 2 unspecified atom stereocenters. The number of allylic oxidation sites excluding steroid dienone is 2. The van der Waals surface area contributed by atoms with Crippen molar-refractivity contribution in [1.82, 2.24) is 0 Å². The van der Waals surface area contributed by atoms with E-state index in [4.69, 9.17) is 9.15 Å². The number of benzene rings is 5. The third-order valence-electron chi connectivity index (χ3n) is 8.06. The first-order valence-electron chi connectivity index (χ1n) is 13.5. The molecule has 8 rings (SSSR count). The van der Waals surface area contributed by atoms with E-state index in [-0.39, 0.29) is 17.8 Å². The Bertz CT molecular complexity index is 2020. The Balaban J connectivity index is 1.14. The SMILES string of the molecule is O=C(c1cccc(C2=CC=CC3c4ccccc4OC23)c1)c1cccc(-c2cccc3c2oc2ccccc23)c1. The van der Waals surface area contributed by atoms with Crippen LogP contribution in [0.25, 0.3) is 38.6 Å². The predicted octanol–water partition coefficient (Wildman–Crippen LogP) is 8.98. The number of ether oxygens (including phenoxy) is 1. The summed E-state index contributed by atoms with van der Waals surface area (Å²) < 4.78 is 12.6. The number of hydrogen-bond donors (Lipinski definition) is 0. The molecular weight excluding hydrogens is 492 g/mol. The van der Waals surface area contributed by atoms with Gasteiger partial charge in [0.2, 0.25) is 0 Å². The van der Waals surface area contributed by atoms with E-state index >= 15 is 0 Å². The third kappa shape index (κ3) is 3.55. The van der Waals surface area contributed by atoms with Crippen LogP contribution in [0.4, 0.5) is 0 Å². The summed E-state index contributed by atoms with van der Waals surface area (Å²) >= 11 is 0. The van der Waals surface area contributed by atoms with Gasteiger partial charge in [0.15, 0.2) is 5.78 Å². The Kier molecular flexibility index (Phi) is 5.11. The van der Waals surface area contributed by atoms with Crippen LogP contribution < -0.4 is 4.74 Å². The molecule has 2 aliphatic rings. The molecule has 2 heterocycles. The van der Waals surface area contributed by atoms with E-state index in [0.29, 0.717) is 11.1 Å². The van der Waals surface area contributed by atoms with Gasteiger partial charge in [-0.2, -0.15) is 0 Å². The second-order valence-corrected chi connectivity index (χ2v) is 10.4. The van der Waals surface area contributed by atoms with E-state index in [1.54, 1.807) is 0 Å². The molecule has 40 heavy (non-hydrogen) atoms. The maximum Gasteiger partial charge on any atom is 0.193 e. The predicted molar refractivity (Wildman–Crippen MR) is 160 cm³/mol. The molecule has 1 aliphatic carbocycles. The van der Waals surface area contributed by atoms with Gasteiger partial charge in [-0.15, -0.1) is 0 Å². The summed E-state index contributed by atoms with van der Waals surface area (Å²) in [6.07, 6.45) is 6.30. The number of carbonyl (C=O) groups is 1. The van der Waals surface area contributed by atoms with Crippen LogP contribution in [0.3, 0.4) is 0 Å². The molecule has 190 valence electrons. The van der Waals surface area contributed by atoms with Crippen LogP contribution in [0, 0.1) is 0 Å². The highest BCUT2D eigenvalue weighted by Gasteiger charge is 2.36. The molecule has 2 atom stereocenters. The molecule has 0 saturated carbocycles. The highest BCUT2D eigenvalue weighted by molar-refractivity contribution is 6.12. The second-order valence-electron chi connectivity index (χ2n) is 10.4. The van der Waals surface area contributed by atoms with Crippen molar-refractivity contribution in [2.24, 2.45) is 0 Å². The van der Waals surface area contributed by atoms with E-state index in [0.717, 1.165) is 50.0 Å². The lowest BCUT2D eigenvalue weighted by molar-refractivity contribution is 0.103. The molecule has 6 aromatic rings. The quantitative estimate of drug-likeness (QED) is 0.220. The Morgan fingerprint density at radius 2 is 1.40 bits per heavy atom. The Morgan fingerprint density at radius 1 is 0.675 bits per heavy atom. The van der Waals surface area contributed by atoms with Crippen molar-refractivity contribution in [3.05, 3.63) is 156 Å². The highest BCUT2D eigenvalue weighted by atomic mass is 16.5. The zero-order chi connectivity index (χ0) is 26.6. The first-order chi connectivity index (χ1) is 19.7.